The highest BCUT2D eigenvalue weighted by molar-refractivity contribution is 5.95. The fraction of sp³-hybridized carbons (Fsp3) is 0.700. The van der Waals surface area contributed by atoms with Crippen molar-refractivity contribution in [3.8, 4) is 0 Å². The van der Waals surface area contributed by atoms with Crippen LogP contribution in [0.15, 0.2) is 22.8 Å². The molecule has 1 aromatic heterocycles. The first kappa shape index (κ1) is 19.0. The third-order valence-corrected chi connectivity index (χ3v) is 5.47. The summed E-state index contributed by atoms with van der Waals surface area (Å²) in [6.45, 7) is 8.91. The molecule has 0 aliphatic carbocycles. The summed E-state index contributed by atoms with van der Waals surface area (Å²) in [6.07, 6.45) is 5.40. The zero-order valence-electron chi connectivity index (χ0n) is 15.9. The number of nitrogens with one attached hydrogen (secondary N) is 1. The zero-order chi connectivity index (χ0) is 18.5. The number of hydrogen-bond donors (Lipinski definition) is 1. The van der Waals surface area contributed by atoms with E-state index in [1.165, 1.54) is 12.7 Å². The molecule has 3 rings (SSSR count). The Morgan fingerprint density at radius 2 is 2.00 bits per heavy atom. The number of nitrogens with zero attached hydrogens (tertiary/aromatic N) is 2. The molecule has 6 heteroatoms. The highest BCUT2D eigenvalue weighted by atomic mass is 16.3. The predicted octanol–water partition coefficient (Wildman–Crippen LogP) is 2.37. The van der Waals surface area contributed by atoms with E-state index in [4.69, 9.17) is 4.42 Å². The average molecular weight is 361 g/mol. The van der Waals surface area contributed by atoms with Crippen LogP contribution in [0, 0.1) is 11.8 Å². The molecule has 2 aliphatic rings. The first-order chi connectivity index (χ1) is 12.5. The number of furan rings is 1. The maximum Gasteiger partial charge on any atom is 0.290 e. The summed E-state index contributed by atoms with van der Waals surface area (Å²) in [6, 6.07) is 2.97. The SMILES string of the molecule is CC1CC(C)CN(CCNC(=O)C2CCCCN2C(=O)c2ccco2)C1. The molecule has 0 saturated carbocycles. The van der Waals surface area contributed by atoms with E-state index in [1.807, 2.05) is 0 Å². The summed E-state index contributed by atoms with van der Waals surface area (Å²) in [5.41, 5.74) is 0. The van der Waals surface area contributed by atoms with Crippen molar-refractivity contribution in [2.24, 2.45) is 11.8 Å². The van der Waals surface area contributed by atoms with Gasteiger partial charge in [-0.25, -0.2) is 0 Å². The van der Waals surface area contributed by atoms with Gasteiger partial charge < -0.3 is 19.5 Å². The highest BCUT2D eigenvalue weighted by Crippen LogP contribution is 2.21. The number of likely N-dealkylation sites (tertiary alicyclic amines) is 2. The predicted molar refractivity (Wildman–Crippen MR) is 99.8 cm³/mol. The van der Waals surface area contributed by atoms with Crippen LogP contribution in [0.1, 0.15) is 50.1 Å². The fourth-order valence-corrected chi connectivity index (χ4v) is 4.42. The molecule has 144 valence electrons. The average Bonchev–Trinajstić information content (AvgIpc) is 3.15. The maximum absolute atomic E-state index is 12.7. The van der Waals surface area contributed by atoms with Gasteiger partial charge in [0, 0.05) is 32.7 Å². The van der Waals surface area contributed by atoms with Gasteiger partial charge in [0.25, 0.3) is 5.91 Å². The summed E-state index contributed by atoms with van der Waals surface area (Å²) in [5.74, 6) is 1.51. The molecule has 0 aromatic carbocycles. The Labute approximate surface area is 155 Å². The zero-order valence-corrected chi connectivity index (χ0v) is 15.9. The highest BCUT2D eigenvalue weighted by Gasteiger charge is 2.33. The molecule has 2 saturated heterocycles. The van der Waals surface area contributed by atoms with Crippen molar-refractivity contribution in [2.45, 2.75) is 45.6 Å². The van der Waals surface area contributed by atoms with Crippen LogP contribution in [0.3, 0.4) is 0 Å². The van der Waals surface area contributed by atoms with Crippen LogP contribution in [0.2, 0.25) is 0 Å². The largest absolute Gasteiger partial charge is 0.459 e. The topological polar surface area (TPSA) is 65.8 Å². The minimum absolute atomic E-state index is 0.0392. The third kappa shape index (κ3) is 4.67. The molecule has 6 nitrogen and oxygen atoms in total. The van der Waals surface area contributed by atoms with Gasteiger partial charge in [-0.2, -0.15) is 0 Å². The number of rotatable bonds is 5. The van der Waals surface area contributed by atoms with Crippen molar-refractivity contribution >= 4 is 11.8 Å². The molecule has 1 aromatic rings. The van der Waals surface area contributed by atoms with E-state index in [2.05, 4.69) is 24.1 Å². The van der Waals surface area contributed by atoms with Crippen molar-refractivity contribution in [2.75, 3.05) is 32.7 Å². The minimum atomic E-state index is -0.388. The van der Waals surface area contributed by atoms with E-state index >= 15 is 0 Å². The van der Waals surface area contributed by atoms with Gasteiger partial charge >= 0.3 is 0 Å². The Morgan fingerprint density at radius 3 is 2.69 bits per heavy atom. The number of amides is 2. The molecule has 2 amide bonds. The van der Waals surface area contributed by atoms with Crippen LogP contribution < -0.4 is 5.32 Å². The van der Waals surface area contributed by atoms with E-state index in [-0.39, 0.29) is 17.9 Å². The Bertz CT molecular complexity index is 591. The van der Waals surface area contributed by atoms with Gasteiger partial charge in [-0.3, -0.25) is 9.59 Å². The molecule has 1 N–H and O–H groups in total. The molecule has 3 unspecified atom stereocenters. The monoisotopic (exact) mass is 361 g/mol. The smallest absolute Gasteiger partial charge is 0.290 e. The molecule has 2 aliphatic heterocycles. The summed E-state index contributed by atoms with van der Waals surface area (Å²) < 4.78 is 5.23. The number of carbonyl (C=O) groups is 2. The van der Waals surface area contributed by atoms with Crippen LogP contribution in [-0.4, -0.2) is 60.4 Å². The lowest BCUT2D eigenvalue weighted by Gasteiger charge is -2.36. The second kappa shape index (κ2) is 8.71. The summed E-state index contributed by atoms with van der Waals surface area (Å²) in [4.78, 5) is 29.4. The van der Waals surface area contributed by atoms with Crippen molar-refractivity contribution in [1.82, 2.24) is 15.1 Å². The summed E-state index contributed by atoms with van der Waals surface area (Å²) in [7, 11) is 0. The van der Waals surface area contributed by atoms with Crippen LogP contribution in [0.4, 0.5) is 0 Å². The molecule has 0 radical (unpaired) electrons. The van der Waals surface area contributed by atoms with E-state index in [9.17, 15) is 9.59 Å². The Hall–Kier alpha value is -1.82. The van der Waals surface area contributed by atoms with Gasteiger partial charge in [-0.1, -0.05) is 13.8 Å². The lowest BCUT2D eigenvalue weighted by molar-refractivity contribution is -0.126. The fourth-order valence-electron chi connectivity index (χ4n) is 4.42. The Kier molecular flexibility index (Phi) is 6.35. The van der Waals surface area contributed by atoms with Crippen LogP contribution in [0.5, 0.6) is 0 Å². The van der Waals surface area contributed by atoms with Crippen molar-refractivity contribution < 1.29 is 14.0 Å². The second-order valence-corrected chi connectivity index (χ2v) is 7.98. The third-order valence-electron chi connectivity index (χ3n) is 5.47. The van der Waals surface area contributed by atoms with Crippen LogP contribution in [-0.2, 0) is 4.79 Å². The first-order valence-corrected chi connectivity index (χ1v) is 9.89. The van der Waals surface area contributed by atoms with Crippen molar-refractivity contribution in [1.29, 1.82) is 0 Å². The Balaban J connectivity index is 1.51. The summed E-state index contributed by atoms with van der Waals surface area (Å²) in [5, 5.41) is 3.05. The van der Waals surface area contributed by atoms with E-state index < -0.39 is 0 Å². The molecule has 3 atom stereocenters. The molecule has 3 heterocycles. The van der Waals surface area contributed by atoms with Gasteiger partial charge in [-0.05, 0) is 49.7 Å². The molecule has 2 fully saturated rings. The molecule has 0 bridgehead atoms. The normalized spacial score (nSPS) is 27.3. The van der Waals surface area contributed by atoms with Crippen molar-refractivity contribution in [3.05, 3.63) is 24.2 Å². The van der Waals surface area contributed by atoms with Gasteiger partial charge in [0.15, 0.2) is 5.76 Å². The summed E-state index contributed by atoms with van der Waals surface area (Å²) >= 11 is 0. The maximum atomic E-state index is 12.7. The molecular weight excluding hydrogens is 330 g/mol. The lowest BCUT2D eigenvalue weighted by Crippen LogP contribution is -2.53. The van der Waals surface area contributed by atoms with E-state index in [0.29, 0.717) is 30.7 Å². The van der Waals surface area contributed by atoms with Gasteiger partial charge in [0.1, 0.15) is 6.04 Å². The quantitative estimate of drug-likeness (QED) is 0.874. The number of carbonyl (C=O) groups excluding carboxylic acids is 2. The van der Waals surface area contributed by atoms with E-state index in [0.717, 1.165) is 38.9 Å². The lowest BCUT2D eigenvalue weighted by atomic mass is 9.92. The molecular formula is C20H31N3O3. The van der Waals surface area contributed by atoms with Crippen LogP contribution in [0.25, 0.3) is 0 Å². The molecule has 0 spiro atoms. The van der Waals surface area contributed by atoms with E-state index in [1.54, 1.807) is 17.0 Å². The number of piperidine rings is 2. The second-order valence-electron chi connectivity index (χ2n) is 7.98. The molecule has 26 heavy (non-hydrogen) atoms. The van der Waals surface area contributed by atoms with Gasteiger partial charge in [-0.15, -0.1) is 0 Å². The van der Waals surface area contributed by atoms with Gasteiger partial charge in [0.05, 0.1) is 6.26 Å². The first-order valence-electron chi connectivity index (χ1n) is 9.89. The Morgan fingerprint density at radius 1 is 1.23 bits per heavy atom. The van der Waals surface area contributed by atoms with Gasteiger partial charge in [0.2, 0.25) is 5.91 Å². The van der Waals surface area contributed by atoms with Crippen molar-refractivity contribution in [3.63, 3.8) is 0 Å². The number of hydrogen-bond acceptors (Lipinski definition) is 4. The minimum Gasteiger partial charge on any atom is -0.459 e. The standard InChI is InChI=1S/C20H31N3O3/c1-15-12-16(2)14-22(13-15)10-8-21-19(24)17-6-3-4-9-23(17)20(25)18-7-5-11-26-18/h5,7,11,15-17H,3-4,6,8-10,12-14H2,1-2H3,(H,21,24). The van der Waals surface area contributed by atoms with Crippen LogP contribution >= 0.6 is 0 Å².